The molecule has 1 heterocycles. The quantitative estimate of drug-likeness (QED) is 0.602. The van der Waals surface area contributed by atoms with Gasteiger partial charge >= 0.3 is 0 Å². The lowest BCUT2D eigenvalue weighted by atomic mass is 9.94. The van der Waals surface area contributed by atoms with Crippen LogP contribution in [0.5, 0.6) is 5.75 Å². The summed E-state index contributed by atoms with van der Waals surface area (Å²) in [7, 11) is -0.438. The van der Waals surface area contributed by atoms with E-state index >= 15 is 0 Å². The van der Waals surface area contributed by atoms with Crippen LogP contribution in [0.4, 0.5) is 0 Å². The molecule has 1 saturated heterocycles. The number of amides is 1. The van der Waals surface area contributed by atoms with E-state index in [1.807, 2.05) is 12.1 Å². The third-order valence-electron chi connectivity index (χ3n) is 5.52. The molecular weight excluding hydrogens is 346 g/mol. The number of methoxy groups -OCH3 is 1. The minimum absolute atomic E-state index is 0.0158. The van der Waals surface area contributed by atoms with Crippen molar-refractivity contribution in [2.45, 2.75) is 70.3 Å². The number of nitrogens with one attached hydrogen (secondary N) is 1. The third-order valence-corrected chi connectivity index (χ3v) is 10.0. The van der Waals surface area contributed by atoms with Gasteiger partial charge in [-0.15, -0.1) is 0 Å². The summed E-state index contributed by atoms with van der Waals surface area (Å²) in [6, 6.07) is 6.88. The van der Waals surface area contributed by atoms with Crippen molar-refractivity contribution >= 4 is 20.0 Å². The van der Waals surface area contributed by atoms with Gasteiger partial charge in [0.15, 0.2) is 14.1 Å². The summed E-state index contributed by atoms with van der Waals surface area (Å²) in [5.41, 5.74) is 0.542. The molecule has 1 N–H and O–H groups in total. The van der Waals surface area contributed by atoms with Gasteiger partial charge in [0.25, 0.3) is 0 Å². The Morgan fingerprint density at radius 1 is 1.27 bits per heavy atom. The van der Waals surface area contributed by atoms with Gasteiger partial charge in [-0.2, -0.15) is 0 Å². The second-order valence-corrected chi connectivity index (χ2v) is 13.2. The van der Waals surface area contributed by atoms with Crippen molar-refractivity contribution in [1.82, 2.24) is 5.32 Å². The molecule has 0 spiro atoms. The van der Waals surface area contributed by atoms with Gasteiger partial charge in [0, 0.05) is 12.8 Å². The van der Waals surface area contributed by atoms with Gasteiger partial charge < -0.3 is 14.5 Å². The fourth-order valence-corrected chi connectivity index (χ4v) is 4.30. The van der Waals surface area contributed by atoms with Gasteiger partial charge in [-0.3, -0.25) is 9.59 Å². The lowest BCUT2D eigenvalue weighted by Gasteiger charge is -2.43. The fraction of sp³-hybridized carbons (Fsp3) is 0.600. The van der Waals surface area contributed by atoms with E-state index in [4.69, 9.17) is 9.16 Å². The standard InChI is InChI=1S/C20H31NO4Si/c1-20(2,3)26(5,6)25-18-11-12-19(23)21-15(18)13-16(22)14-9-7-8-10-17(14)24-4/h7-10,15,18H,11-13H2,1-6H3,(H,21,23)/t15-,18+/m0/s1. The van der Waals surface area contributed by atoms with Crippen molar-refractivity contribution < 1.29 is 18.8 Å². The van der Waals surface area contributed by atoms with E-state index in [0.717, 1.165) is 0 Å². The summed E-state index contributed by atoms with van der Waals surface area (Å²) in [6.45, 7) is 11.0. The smallest absolute Gasteiger partial charge is 0.220 e. The number of piperidine rings is 1. The predicted molar refractivity (Wildman–Crippen MR) is 105 cm³/mol. The second-order valence-electron chi connectivity index (χ2n) is 8.46. The molecule has 0 aromatic heterocycles. The number of carbonyl (C=O) groups is 2. The molecule has 1 fully saturated rings. The summed E-state index contributed by atoms with van der Waals surface area (Å²) in [6.07, 6.45) is 1.18. The summed E-state index contributed by atoms with van der Waals surface area (Å²) >= 11 is 0. The molecule has 1 aliphatic rings. The van der Waals surface area contributed by atoms with Crippen LogP contribution in [0.1, 0.15) is 50.4 Å². The maximum atomic E-state index is 12.8. The van der Waals surface area contributed by atoms with E-state index in [9.17, 15) is 9.59 Å². The van der Waals surface area contributed by atoms with Gasteiger partial charge in [0.05, 0.1) is 24.8 Å². The molecule has 6 heteroatoms. The molecule has 1 aromatic carbocycles. The molecule has 1 amide bonds. The molecule has 5 nitrogen and oxygen atoms in total. The highest BCUT2D eigenvalue weighted by Gasteiger charge is 2.42. The Morgan fingerprint density at radius 3 is 2.54 bits per heavy atom. The summed E-state index contributed by atoms with van der Waals surface area (Å²) in [5, 5.41) is 3.05. The lowest BCUT2D eigenvalue weighted by Crippen LogP contribution is -2.55. The van der Waals surface area contributed by atoms with Crippen LogP contribution < -0.4 is 10.1 Å². The first-order chi connectivity index (χ1) is 12.0. The van der Waals surface area contributed by atoms with Crippen molar-refractivity contribution in [2.75, 3.05) is 7.11 Å². The van der Waals surface area contributed by atoms with E-state index in [1.165, 1.54) is 0 Å². The Morgan fingerprint density at radius 2 is 1.92 bits per heavy atom. The van der Waals surface area contributed by atoms with Crippen LogP contribution in [0, 0.1) is 0 Å². The molecule has 0 unspecified atom stereocenters. The second kappa shape index (κ2) is 7.92. The Balaban J connectivity index is 2.18. The van der Waals surface area contributed by atoms with Crippen LogP contribution in [0.15, 0.2) is 24.3 Å². The molecule has 0 saturated carbocycles. The number of Topliss-reactive ketones (excluding diaryl/α,β-unsaturated/α-hetero) is 1. The lowest BCUT2D eigenvalue weighted by molar-refractivity contribution is -0.125. The minimum Gasteiger partial charge on any atom is -0.496 e. The number of hydrogen-bond donors (Lipinski definition) is 1. The van der Waals surface area contributed by atoms with E-state index in [2.05, 4.69) is 39.2 Å². The monoisotopic (exact) mass is 377 g/mol. The maximum absolute atomic E-state index is 12.8. The molecule has 1 aliphatic heterocycles. The highest BCUT2D eigenvalue weighted by atomic mass is 28.4. The zero-order valence-corrected chi connectivity index (χ0v) is 17.7. The van der Waals surface area contributed by atoms with Crippen molar-refractivity contribution in [3.8, 4) is 5.75 Å². The van der Waals surface area contributed by atoms with Gasteiger partial charge in [0.1, 0.15) is 5.75 Å². The van der Waals surface area contributed by atoms with Crippen LogP contribution >= 0.6 is 0 Å². The number of carbonyl (C=O) groups excluding carboxylic acids is 2. The number of hydrogen-bond acceptors (Lipinski definition) is 4. The molecule has 1 aromatic rings. The average Bonchev–Trinajstić information content (AvgIpc) is 2.56. The molecule has 2 rings (SSSR count). The van der Waals surface area contributed by atoms with Crippen LogP contribution in [0.3, 0.4) is 0 Å². The first-order valence-corrected chi connectivity index (χ1v) is 12.1. The Kier molecular flexibility index (Phi) is 6.29. The van der Waals surface area contributed by atoms with E-state index in [0.29, 0.717) is 24.2 Å². The number of ether oxygens (including phenoxy) is 1. The van der Waals surface area contributed by atoms with Crippen molar-refractivity contribution in [2.24, 2.45) is 0 Å². The zero-order chi connectivity index (χ0) is 19.5. The average molecular weight is 378 g/mol. The maximum Gasteiger partial charge on any atom is 0.220 e. The Hall–Kier alpha value is -1.66. The van der Waals surface area contributed by atoms with Gasteiger partial charge in [0.2, 0.25) is 5.91 Å². The van der Waals surface area contributed by atoms with Crippen LogP contribution in [-0.4, -0.2) is 39.3 Å². The van der Waals surface area contributed by atoms with Crippen molar-refractivity contribution in [1.29, 1.82) is 0 Å². The minimum atomic E-state index is -1.99. The SMILES string of the molecule is COc1ccccc1C(=O)C[C@@H]1NC(=O)CC[C@H]1O[Si](C)(C)C(C)(C)C. The van der Waals surface area contributed by atoms with Gasteiger partial charge in [-0.25, -0.2) is 0 Å². The summed E-state index contributed by atoms with van der Waals surface area (Å²) in [4.78, 5) is 24.8. The first-order valence-electron chi connectivity index (χ1n) is 9.18. The molecular formula is C20H31NO4Si. The molecule has 144 valence electrons. The molecule has 0 aliphatic carbocycles. The van der Waals surface area contributed by atoms with E-state index < -0.39 is 8.32 Å². The van der Waals surface area contributed by atoms with Gasteiger partial charge in [-0.05, 0) is 36.7 Å². The Bertz CT molecular complexity index is 666. The topological polar surface area (TPSA) is 64.6 Å². The largest absolute Gasteiger partial charge is 0.496 e. The van der Waals surface area contributed by atoms with Crippen LogP contribution in [-0.2, 0) is 9.22 Å². The highest BCUT2D eigenvalue weighted by Crippen LogP contribution is 2.38. The third kappa shape index (κ3) is 4.74. The first kappa shape index (κ1) is 20.6. The Labute approximate surface area is 157 Å². The predicted octanol–water partition coefficient (Wildman–Crippen LogP) is 3.94. The number of para-hydroxylation sites is 1. The molecule has 0 bridgehead atoms. The number of rotatable bonds is 6. The number of benzene rings is 1. The normalized spacial score (nSPS) is 21.2. The summed E-state index contributed by atoms with van der Waals surface area (Å²) in [5.74, 6) is 0.498. The van der Waals surface area contributed by atoms with E-state index in [-0.39, 0.29) is 35.3 Å². The summed E-state index contributed by atoms with van der Waals surface area (Å²) < 4.78 is 11.8. The highest BCUT2D eigenvalue weighted by molar-refractivity contribution is 6.74. The van der Waals surface area contributed by atoms with Gasteiger partial charge in [-0.1, -0.05) is 32.9 Å². The molecule has 26 heavy (non-hydrogen) atoms. The molecule has 0 radical (unpaired) electrons. The van der Waals surface area contributed by atoms with Crippen molar-refractivity contribution in [3.05, 3.63) is 29.8 Å². The van der Waals surface area contributed by atoms with E-state index in [1.54, 1.807) is 19.2 Å². The van der Waals surface area contributed by atoms with Crippen LogP contribution in [0.25, 0.3) is 0 Å². The molecule has 2 atom stereocenters. The fourth-order valence-electron chi connectivity index (χ4n) is 2.91. The van der Waals surface area contributed by atoms with Crippen LogP contribution in [0.2, 0.25) is 18.1 Å². The van der Waals surface area contributed by atoms with Crippen molar-refractivity contribution in [3.63, 3.8) is 0 Å². The zero-order valence-electron chi connectivity index (χ0n) is 16.7. The number of ketones is 1.